The van der Waals surface area contributed by atoms with E-state index in [-0.39, 0.29) is 0 Å². The number of benzene rings is 9. The van der Waals surface area contributed by atoms with E-state index < -0.39 is 5.66 Å². The molecule has 1 aromatic heterocycles. The summed E-state index contributed by atoms with van der Waals surface area (Å²) in [4.78, 5) is 13.0. The molecule has 300 valence electrons. The van der Waals surface area contributed by atoms with E-state index in [1.54, 1.807) is 0 Å². The summed E-state index contributed by atoms with van der Waals surface area (Å²) in [5.74, 6) is 1.39. The van der Waals surface area contributed by atoms with Crippen LogP contribution < -0.4 is 10.2 Å². The molecule has 0 radical (unpaired) electrons. The van der Waals surface area contributed by atoms with Crippen LogP contribution in [-0.2, 0) is 5.66 Å². The predicted octanol–water partition coefficient (Wildman–Crippen LogP) is 14.7. The zero-order chi connectivity index (χ0) is 42.2. The van der Waals surface area contributed by atoms with Crippen molar-refractivity contribution < 1.29 is 4.42 Å². The Hall–Kier alpha value is -8.28. The number of amidine groups is 2. The maximum Gasteiger partial charge on any atom is 0.160 e. The first kappa shape index (κ1) is 37.7. The number of fused-ring (bicyclic) bond motifs is 3. The fourth-order valence-corrected chi connectivity index (χ4v) is 8.71. The van der Waals surface area contributed by atoms with E-state index in [9.17, 15) is 0 Å². The third kappa shape index (κ3) is 7.26. The summed E-state index contributed by atoms with van der Waals surface area (Å²) in [5, 5.41) is 5.70. The third-order valence-electron chi connectivity index (χ3n) is 11.9. The molecule has 1 aliphatic heterocycles. The number of anilines is 3. The van der Waals surface area contributed by atoms with Gasteiger partial charge in [0.15, 0.2) is 11.5 Å². The molecule has 5 nitrogen and oxygen atoms in total. The first-order valence-electron chi connectivity index (χ1n) is 21.3. The molecular weight excluding hydrogens is 769 g/mol. The lowest BCUT2D eigenvalue weighted by molar-refractivity contribution is 0.455. The van der Waals surface area contributed by atoms with Crippen molar-refractivity contribution in [2.45, 2.75) is 12.6 Å². The lowest BCUT2D eigenvalue weighted by atomic mass is 9.95. The van der Waals surface area contributed by atoms with Crippen LogP contribution in [0.25, 0.3) is 55.3 Å². The van der Waals surface area contributed by atoms with Crippen molar-refractivity contribution in [3.63, 3.8) is 0 Å². The average molecular weight is 811 g/mol. The molecule has 2 heterocycles. The van der Waals surface area contributed by atoms with Crippen molar-refractivity contribution in [2.75, 3.05) is 4.90 Å². The van der Waals surface area contributed by atoms with Gasteiger partial charge in [0.05, 0.1) is 0 Å². The molecule has 5 heteroatoms. The molecule has 63 heavy (non-hydrogen) atoms. The van der Waals surface area contributed by atoms with Gasteiger partial charge in [-0.15, -0.1) is 0 Å². The molecule has 1 N–H and O–H groups in total. The van der Waals surface area contributed by atoms with Crippen LogP contribution in [0.15, 0.2) is 245 Å². The highest BCUT2D eigenvalue weighted by molar-refractivity contribution is 6.22. The molecule has 1 atom stereocenters. The Labute approximate surface area is 367 Å². The number of nitrogens with one attached hydrogen (secondary N) is 1. The number of aliphatic imine (C=N–C) groups is 2. The van der Waals surface area contributed by atoms with Gasteiger partial charge in [0.1, 0.15) is 17.0 Å². The largest absolute Gasteiger partial charge is 0.456 e. The second-order valence-corrected chi connectivity index (χ2v) is 16.0. The van der Waals surface area contributed by atoms with Crippen LogP contribution in [0.5, 0.6) is 0 Å². The highest BCUT2D eigenvalue weighted by Gasteiger charge is 2.33. The van der Waals surface area contributed by atoms with E-state index in [0.717, 1.165) is 83.8 Å². The Balaban J connectivity index is 1.03. The minimum Gasteiger partial charge on any atom is -0.456 e. The summed E-state index contributed by atoms with van der Waals surface area (Å²) >= 11 is 0. The first-order valence-corrected chi connectivity index (χ1v) is 21.3. The van der Waals surface area contributed by atoms with E-state index in [0.29, 0.717) is 5.84 Å². The lowest BCUT2D eigenvalue weighted by Crippen LogP contribution is -2.46. The molecule has 0 saturated carbocycles. The minimum atomic E-state index is -0.825. The fraction of sp³-hybridized carbons (Fsp3) is 0.0345. The Morgan fingerprint density at radius 3 is 1.51 bits per heavy atom. The Morgan fingerprint density at radius 1 is 0.429 bits per heavy atom. The molecule has 10 aromatic rings. The monoisotopic (exact) mass is 810 g/mol. The normalized spacial score (nSPS) is 14.8. The number of hydrogen-bond acceptors (Lipinski definition) is 5. The van der Waals surface area contributed by atoms with Crippen molar-refractivity contribution in [1.82, 2.24) is 5.32 Å². The van der Waals surface area contributed by atoms with Crippen LogP contribution in [-0.4, -0.2) is 11.7 Å². The molecule has 1 aliphatic rings. The summed E-state index contributed by atoms with van der Waals surface area (Å²) in [6.45, 7) is 2.13. The van der Waals surface area contributed by atoms with E-state index in [2.05, 4.69) is 199 Å². The Kier molecular flexibility index (Phi) is 9.55. The van der Waals surface area contributed by atoms with Crippen LogP contribution in [0, 0.1) is 0 Å². The van der Waals surface area contributed by atoms with Gasteiger partial charge in [0.25, 0.3) is 0 Å². The Morgan fingerprint density at radius 2 is 0.921 bits per heavy atom. The van der Waals surface area contributed by atoms with E-state index in [4.69, 9.17) is 14.4 Å². The quantitative estimate of drug-likeness (QED) is 0.158. The standard InChI is InChI=1S/C58H42N4O/c1-58(47-25-14-24-46(38-47)42-20-10-4-11-21-42)60-56(45-22-12-5-13-23-45)59-57(61-58)52-26-15-27-53-55(52)51-37-36-50(39-54(51)63-53)62(48-32-28-43(29-33-48)40-16-6-2-7-17-40)49-34-30-44(31-35-49)41-18-8-3-9-19-41/h2-39H,1H3,(H,59,60,61). The van der Waals surface area contributed by atoms with Crippen LogP contribution in [0.4, 0.5) is 17.1 Å². The van der Waals surface area contributed by atoms with Crippen molar-refractivity contribution in [3.05, 3.63) is 247 Å². The molecular formula is C58H42N4O. The molecule has 0 fully saturated rings. The summed E-state index contributed by atoms with van der Waals surface area (Å²) in [6.07, 6.45) is 0. The average Bonchev–Trinajstić information content (AvgIpc) is 3.74. The topological polar surface area (TPSA) is 53.1 Å². The predicted molar refractivity (Wildman–Crippen MR) is 261 cm³/mol. The van der Waals surface area contributed by atoms with Crippen LogP contribution in [0.3, 0.4) is 0 Å². The van der Waals surface area contributed by atoms with Crippen LogP contribution in [0.1, 0.15) is 23.6 Å². The van der Waals surface area contributed by atoms with Crippen molar-refractivity contribution >= 4 is 50.7 Å². The molecule has 0 aliphatic carbocycles. The van der Waals surface area contributed by atoms with Gasteiger partial charge in [0.2, 0.25) is 0 Å². The van der Waals surface area contributed by atoms with Gasteiger partial charge in [-0.25, -0.2) is 9.98 Å². The van der Waals surface area contributed by atoms with Gasteiger partial charge in [-0.3, -0.25) is 0 Å². The van der Waals surface area contributed by atoms with E-state index >= 15 is 0 Å². The first-order chi connectivity index (χ1) is 31.1. The van der Waals surface area contributed by atoms with Crippen LogP contribution >= 0.6 is 0 Å². The maximum absolute atomic E-state index is 6.77. The highest BCUT2D eigenvalue weighted by Crippen LogP contribution is 2.41. The van der Waals surface area contributed by atoms with Gasteiger partial charge < -0.3 is 14.6 Å². The van der Waals surface area contributed by atoms with Crippen molar-refractivity contribution in [1.29, 1.82) is 0 Å². The van der Waals surface area contributed by atoms with Gasteiger partial charge in [-0.05, 0) is 94.4 Å². The molecule has 9 aromatic carbocycles. The van der Waals surface area contributed by atoms with Crippen molar-refractivity contribution in [3.8, 4) is 33.4 Å². The molecule has 1 unspecified atom stereocenters. The number of hydrogen-bond donors (Lipinski definition) is 1. The summed E-state index contributed by atoms with van der Waals surface area (Å²) in [7, 11) is 0. The van der Waals surface area contributed by atoms with Gasteiger partial charge in [-0.2, -0.15) is 0 Å². The number of furan rings is 1. The van der Waals surface area contributed by atoms with E-state index in [1.807, 2.05) is 48.5 Å². The summed E-state index contributed by atoms with van der Waals surface area (Å²) < 4.78 is 6.77. The van der Waals surface area contributed by atoms with Gasteiger partial charge in [-0.1, -0.05) is 176 Å². The molecule has 11 rings (SSSR count). The second-order valence-electron chi connectivity index (χ2n) is 16.0. The smallest absolute Gasteiger partial charge is 0.160 e. The van der Waals surface area contributed by atoms with E-state index in [1.165, 1.54) is 11.1 Å². The Bertz CT molecular complexity index is 3200. The lowest BCUT2D eigenvalue weighted by Gasteiger charge is -2.33. The SMILES string of the molecule is CC1(c2cccc(-c3ccccc3)c2)N=C(c2cccc3oc4cc(N(c5ccc(-c6ccccc6)cc5)c5ccc(-c6ccccc6)cc5)ccc4c23)N=C(c2ccccc2)N1. The summed E-state index contributed by atoms with van der Waals surface area (Å²) in [6, 6.07) is 80.6. The fourth-order valence-electron chi connectivity index (χ4n) is 8.71. The second kappa shape index (κ2) is 16.0. The molecule has 0 saturated heterocycles. The van der Waals surface area contributed by atoms with Gasteiger partial charge in [0, 0.05) is 45.0 Å². The minimum absolute atomic E-state index is 0.635. The highest BCUT2D eigenvalue weighted by atomic mass is 16.3. The third-order valence-corrected chi connectivity index (χ3v) is 11.9. The molecule has 0 bridgehead atoms. The maximum atomic E-state index is 6.77. The van der Waals surface area contributed by atoms with Gasteiger partial charge >= 0.3 is 0 Å². The molecule has 0 amide bonds. The number of nitrogens with zero attached hydrogens (tertiary/aromatic N) is 3. The summed E-state index contributed by atoms with van der Waals surface area (Å²) in [5.41, 5.74) is 13.7. The molecule has 0 spiro atoms. The number of rotatable bonds is 9. The zero-order valence-corrected chi connectivity index (χ0v) is 34.7. The zero-order valence-electron chi connectivity index (χ0n) is 34.7. The van der Waals surface area contributed by atoms with Crippen molar-refractivity contribution in [2.24, 2.45) is 9.98 Å². The van der Waals surface area contributed by atoms with Crippen LogP contribution in [0.2, 0.25) is 0 Å².